The molecule has 0 aromatic heterocycles. The van der Waals surface area contributed by atoms with Crippen molar-refractivity contribution in [1.82, 2.24) is 0 Å². The Kier molecular flexibility index (Phi) is 6.51. The van der Waals surface area contributed by atoms with Crippen molar-refractivity contribution in [2.45, 2.75) is 46.1 Å². The van der Waals surface area contributed by atoms with Crippen LogP contribution in [0.3, 0.4) is 0 Å². The van der Waals surface area contributed by atoms with E-state index < -0.39 is 0 Å². The van der Waals surface area contributed by atoms with Crippen molar-refractivity contribution in [2.24, 2.45) is 5.73 Å². The Morgan fingerprint density at radius 2 is 1.94 bits per heavy atom. The number of hydrogen-bond donors (Lipinski definition) is 1. The average molecular weight is 247 g/mol. The van der Waals surface area contributed by atoms with Crippen molar-refractivity contribution in [3.63, 3.8) is 0 Å². The standard InChI is InChI=1S/C16H25NO/c1-4-5-6-11-18-16-9-7-15(8-10-16)12-13(2)14(3)17/h7-10,12,14H,4-6,11,17H2,1-3H3/b13-12-. The topological polar surface area (TPSA) is 35.2 Å². The first-order chi connectivity index (χ1) is 8.63. The van der Waals surface area contributed by atoms with E-state index in [2.05, 4.69) is 32.1 Å². The fraction of sp³-hybridized carbons (Fsp3) is 0.500. The van der Waals surface area contributed by atoms with E-state index in [0.717, 1.165) is 18.8 Å². The first-order valence-corrected chi connectivity index (χ1v) is 6.80. The predicted octanol–water partition coefficient (Wildman–Crippen LogP) is 4.01. The number of rotatable bonds is 7. The summed E-state index contributed by atoms with van der Waals surface area (Å²) in [6.45, 7) is 7.06. The van der Waals surface area contributed by atoms with Gasteiger partial charge >= 0.3 is 0 Å². The van der Waals surface area contributed by atoms with Crippen molar-refractivity contribution in [3.8, 4) is 5.75 Å². The summed E-state index contributed by atoms with van der Waals surface area (Å²) in [5, 5.41) is 0. The second-order valence-electron chi connectivity index (χ2n) is 4.80. The van der Waals surface area contributed by atoms with Gasteiger partial charge in [0.2, 0.25) is 0 Å². The van der Waals surface area contributed by atoms with Crippen LogP contribution in [0.25, 0.3) is 6.08 Å². The molecular weight excluding hydrogens is 222 g/mol. The molecular formula is C16H25NO. The fourth-order valence-corrected chi connectivity index (χ4v) is 1.60. The Bertz CT molecular complexity index is 365. The van der Waals surface area contributed by atoms with Crippen LogP contribution >= 0.6 is 0 Å². The van der Waals surface area contributed by atoms with Crippen LogP contribution in [0.2, 0.25) is 0 Å². The molecule has 2 nitrogen and oxygen atoms in total. The summed E-state index contributed by atoms with van der Waals surface area (Å²) in [4.78, 5) is 0. The summed E-state index contributed by atoms with van der Waals surface area (Å²) in [6.07, 6.45) is 5.70. The molecule has 1 unspecified atom stereocenters. The van der Waals surface area contributed by atoms with Crippen LogP contribution < -0.4 is 10.5 Å². The molecule has 0 heterocycles. The molecule has 0 aliphatic rings. The summed E-state index contributed by atoms with van der Waals surface area (Å²) in [6, 6.07) is 8.29. The first-order valence-electron chi connectivity index (χ1n) is 6.80. The Morgan fingerprint density at radius 1 is 1.28 bits per heavy atom. The minimum Gasteiger partial charge on any atom is -0.494 e. The summed E-state index contributed by atoms with van der Waals surface area (Å²) in [5.41, 5.74) is 8.17. The average Bonchev–Trinajstić information content (AvgIpc) is 2.36. The van der Waals surface area contributed by atoms with Gasteiger partial charge in [0.1, 0.15) is 5.75 Å². The third-order valence-electron chi connectivity index (χ3n) is 3.01. The van der Waals surface area contributed by atoms with Gasteiger partial charge in [-0.2, -0.15) is 0 Å². The number of nitrogens with two attached hydrogens (primary N) is 1. The maximum Gasteiger partial charge on any atom is 0.119 e. The molecule has 0 amide bonds. The normalized spacial score (nSPS) is 13.4. The van der Waals surface area contributed by atoms with Crippen LogP contribution in [0.1, 0.15) is 45.6 Å². The van der Waals surface area contributed by atoms with Gasteiger partial charge in [0.15, 0.2) is 0 Å². The lowest BCUT2D eigenvalue weighted by atomic mass is 10.1. The molecule has 0 spiro atoms. The molecule has 0 saturated carbocycles. The molecule has 2 N–H and O–H groups in total. The minimum absolute atomic E-state index is 0.106. The monoisotopic (exact) mass is 247 g/mol. The zero-order valence-electron chi connectivity index (χ0n) is 11.8. The molecule has 1 aromatic carbocycles. The third-order valence-corrected chi connectivity index (χ3v) is 3.01. The molecule has 0 aliphatic heterocycles. The smallest absolute Gasteiger partial charge is 0.119 e. The van der Waals surface area contributed by atoms with Gasteiger partial charge in [-0.15, -0.1) is 0 Å². The molecule has 100 valence electrons. The largest absolute Gasteiger partial charge is 0.494 e. The molecule has 18 heavy (non-hydrogen) atoms. The number of ether oxygens (including phenoxy) is 1. The van der Waals surface area contributed by atoms with E-state index in [0.29, 0.717) is 0 Å². The van der Waals surface area contributed by atoms with Gasteiger partial charge < -0.3 is 10.5 Å². The van der Waals surface area contributed by atoms with Crippen LogP contribution in [0, 0.1) is 0 Å². The molecule has 1 rings (SSSR count). The van der Waals surface area contributed by atoms with E-state index in [1.54, 1.807) is 0 Å². The number of hydrogen-bond acceptors (Lipinski definition) is 2. The quantitative estimate of drug-likeness (QED) is 0.739. The van der Waals surface area contributed by atoms with Gasteiger partial charge in [-0.1, -0.05) is 43.5 Å². The Hall–Kier alpha value is -1.28. The van der Waals surface area contributed by atoms with Crippen molar-refractivity contribution in [2.75, 3.05) is 6.61 Å². The summed E-state index contributed by atoms with van der Waals surface area (Å²) < 4.78 is 5.67. The van der Waals surface area contributed by atoms with E-state index >= 15 is 0 Å². The molecule has 1 aromatic rings. The SMILES string of the molecule is CCCCCOc1ccc(/C=C(/C)C(C)N)cc1. The van der Waals surface area contributed by atoms with E-state index in [1.807, 2.05) is 19.1 Å². The van der Waals surface area contributed by atoms with Crippen molar-refractivity contribution < 1.29 is 4.74 Å². The van der Waals surface area contributed by atoms with Crippen molar-refractivity contribution >= 4 is 6.08 Å². The lowest BCUT2D eigenvalue weighted by Crippen LogP contribution is -2.15. The van der Waals surface area contributed by atoms with E-state index in [9.17, 15) is 0 Å². The summed E-state index contributed by atoms with van der Waals surface area (Å²) >= 11 is 0. The van der Waals surface area contributed by atoms with Crippen LogP contribution in [-0.4, -0.2) is 12.6 Å². The van der Waals surface area contributed by atoms with Crippen LogP contribution in [0.15, 0.2) is 29.8 Å². The molecule has 1 atom stereocenters. The van der Waals surface area contributed by atoms with E-state index in [-0.39, 0.29) is 6.04 Å². The molecule has 0 saturated heterocycles. The maximum absolute atomic E-state index is 5.81. The second-order valence-corrected chi connectivity index (χ2v) is 4.80. The Morgan fingerprint density at radius 3 is 2.50 bits per heavy atom. The highest BCUT2D eigenvalue weighted by Gasteiger charge is 1.98. The molecule has 0 bridgehead atoms. The van der Waals surface area contributed by atoms with Crippen LogP contribution in [0.4, 0.5) is 0 Å². The summed E-state index contributed by atoms with van der Waals surface area (Å²) in [7, 11) is 0. The van der Waals surface area contributed by atoms with Gasteiger partial charge in [-0.05, 0) is 38.0 Å². The van der Waals surface area contributed by atoms with Gasteiger partial charge in [0.05, 0.1) is 6.61 Å². The van der Waals surface area contributed by atoms with Crippen molar-refractivity contribution in [3.05, 3.63) is 35.4 Å². The highest BCUT2D eigenvalue weighted by molar-refractivity contribution is 5.54. The predicted molar refractivity (Wildman–Crippen MR) is 78.8 cm³/mol. The fourth-order valence-electron chi connectivity index (χ4n) is 1.60. The van der Waals surface area contributed by atoms with Crippen LogP contribution in [-0.2, 0) is 0 Å². The lowest BCUT2D eigenvalue weighted by molar-refractivity contribution is 0.306. The van der Waals surface area contributed by atoms with Gasteiger partial charge in [0.25, 0.3) is 0 Å². The molecule has 2 heteroatoms. The van der Waals surface area contributed by atoms with Gasteiger partial charge in [0, 0.05) is 6.04 Å². The third kappa shape index (κ3) is 5.37. The second kappa shape index (κ2) is 7.93. The van der Waals surface area contributed by atoms with Gasteiger partial charge in [-0.3, -0.25) is 0 Å². The number of benzene rings is 1. The lowest BCUT2D eigenvalue weighted by Gasteiger charge is -2.07. The molecule has 0 fully saturated rings. The van der Waals surface area contributed by atoms with Crippen molar-refractivity contribution in [1.29, 1.82) is 0 Å². The zero-order valence-corrected chi connectivity index (χ0v) is 11.8. The van der Waals surface area contributed by atoms with Gasteiger partial charge in [-0.25, -0.2) is 0 Å². The maximum atomic E-state index is 5.81. The summed E-state index contributed by atoms with van der Waals surface area (Å²) in [5.74, 6) is 0.946. The molecule has 0 aliphatic carbocycles. The highest BCUT2D eigenvalue weighted by atomic mass is 16.5. The van der Waals surface area contributed by atoms with Crippen LogP contribution in [0.5, 0.6) is 5.75 Å². The minimum atomic E-state index is 0.106. The number of unbranched alkanes of at least 4 members (excludes halogenated alkanes) is 2. The van der Waals surface area contributed by atoms with E-state index in [4.69, 9.17) is 10.5 Å². The highest BCUT2D eigenvalue weighted by Crippen LogP contribution is 2.15. The van der Waals surface area contributed by atoms with E-state index in [1.165, 1.54) is 24.0 Å². The molecule has 0 radical (unpaired) electrons. The first kappa shape index (κ1) is 14.8. The zero-order chi connectivity index (χ0) is 13.4. The Balaban J connectivity index is 2.50. The Labute approximate surface area is 111 Å².